The number of hydrogen-bond acceptors (Lipinski definition) is 10. The van der Waals surface area contributed by atoms with Crippen molar-refractivity contribution in [1.29, 1.82) is 0 Å². The van der Waals surface area contributed by atoms with Crippen LogP contribution in [0.2, 0.25) is 0 Å². The lowest BCUT2D eigenvalue weighted by atomic mass is 10.0. The van der Waals surface area contributed by atoms with Crippen molar-refractivity contribution >= 4 is 40.6 Å². The van der Waals surface area contributed by atoms with E-state index in [1.165, 1.54) is 11.8 Å². The number of amides is 2. The lowest BCUT2D eigenvalue weighted by Gasteiger charge is -2.36. The van der Waals surface area contributed by atoms with Crippen LogP contribution in [0, 0.1) is 0 Å². The fourth-order valence-corrected chi connectivity index (χ4v) is 6.48. The highest BCUT2D eigenvalue weighted by atomic mass is 32.2. The number of aliphatic hydroxyl groups is 1. The van der Waals surface area contributed by atoms with E-state index in [0.717, 1.165) is 22.4 Å². The molecule has 12 nitrogen and oxygen atoms in total. The number of unbranched alkanes of at least 4 members (excludes halogenated alkanes) is 1. The fraction of sp³-hybridized carbons (Fsp3) is 0.270. The molecule has 50 heavy (non-hydrogen) atoms. The van der Waals surface area contributed by atoms with E-state index in [1.807, 2.05) is 91.0 Å². The van der Waals surface area contributed by atoms with Crippen LogP contribution < -0.4 is 16.4 Å². The summed E-state index contributed by atoms with van der Waals surface area (Å²) in [6.07, 6.45) is 1.10. The lowest BCUT2D eigenvalue weighted by molar-refractivity contribution is -0.245. The number of ether oxygens (including phenoxy) is 2. The molecule has 0 saturated carbocycles. The molecule has 258 valence electrons. The molecule has 0 unspecified atom stereocenters. The Morgan fingerprint density at radius 1 is 0.860 bits per heavy atom. The Morgan fingerprint density at radius 2 is 1.60 bits per heavy atom. The largest absolute Gasteiger partial charge is 0.397 e. The van der Waals surface area contributed by atoms with Gasteiger partial charge in [0.15, 0.2) is 6.29 Å². The van der Waals surface area contributed by atoms with Gasteiger partial charge in [-0.2, -0.15) is 4.68 Å². The van der Waals surface area contributed by atoms with Crippen LogP contribution >= 0.6 is 11.8 Å². The van der Waals surface area contributed by atoms with Gasteiger partial charge in [0.1, 0.15) is 0 Å². The Kier molecular flexibility index (Phi) is 11.8. The second-order valence-corrected chi connectivity index (χ2v) is 12.9. The summed E-state index contributed by atoms with van der Waals surface area (Å²) in [7, 11) is 0. The Bertz CT molecular complexity index is 1870. The predicted molar refractivity (Wildman–Crippen MR) is 191 cm³/mol. The van der Waals surface area contributed by atoms with Gasteiger partial charge in [0.2, 0.25) is 17.0 Å². The van der Waals surface area contributed by atoms with Gasteiger partial charge in [0.25, 0.3) is 0 Å². The van der Waals surface area contributed by atoms with Gasteiger partial charge in [-0.1, -0.05) is 78.5 Å². The van der Waals surface area contributed by atoms with Crippen molar-refractivity contribution in [2.75, 3.05) is 22.1 Å². The molecular weight excluding hydrogens is 655 g/mol. The Hall–Kier alpha value is -5.08. The van der Waals surface area contributed by atoms with E-state index in [-0.39, 0.29) is 43.5 Å². The molecule has 3 atom stereocenters. The third kappa shape index (κ3) is 9.33. The normalized spacial score (nSPS) is 17.3. The summed E-state index contributed by atoms with van der Waals surface area (Å²) in [6.45, 7) is -0.0371. The molecule has 0 aliphatic carbocycles. The molecule has 0 radical (unpaired) electrons. The number of nitrogens with one attached hydrogen (secondary N) is 2. The average molecular weight is 694 g/mol. The molecule has 1 aromatic heterocycles. The first-order valence-corrected chi connectivity index (χ1v) is 17.4. The zero-order chi connectivity index (χ0) is 34.7. The third-order valence-electron chi connectivity index (χ3n) is 8.19. The molecule has 1 aliphatic rings. The molecule has 1 saturated heterocycles. The van der Waals surface area contributed by atoms with Crippen LogP contribution in [0.1, 0.15) is 61.2 Å². The standard InChI is InChI=1S/C37H39N7O5S/c38-31-13-4-5-14-32(31)40-35(47)16-7-6-15-34(46)39-28-10-8-9-27(21-28)36-48-30(22-33(49-36)26-19-17-25(23-45)18-20-26)24-50-37-41-42-43-44(37)29-11-2-1-3-12-29/h1-5,8-14,17-21,30,33,36,45H,6-7,15-16,22-24,38H2,(H,39,46)(H,40,47)/t30-,33+,36+/m0/s1. The van der Waals surface area contributed by atoms with Gasteiger partial charge >= 0.3 is 0 Å². The number of carbonyl (C=O) groups is 2. The second-order valence-electron chi connectivity index (χ2n) is 11.9. The number of aromatic nitrogens is 4. The molecule has 13 heteroatoms. The minimum atomic E-state index is -0.698. The first-order valence-electron chi connectivity index (χ1n) is 16.5. The zero-order valence-electron chi connectivity index (χ0n) is 27.4. The number of carbonyl (C=O) groups excluding carboxylic acids is 2. The number of nitrogen functional groups attached to an aromatic ring is 1. The predicted octanol–water partition coefficient (Wildman–Crippen LogP) is 6.21. The summed E-state index contributed by atoms with van der Waals surface area (Å²) in [4.78, 5) is 25.1. The number of anilines is 3. The summed E-state index contributed by atoms with van der Waals surface area (Å²) < 4.78 is 14.7. The summed E-state index contributed by atoms with van der Waals surface area (Å²) in [5.41, 5.74) is 11.0. The molecule has 6 rings (SSSR count). The Balaban J connectivity index is 1.07. The van der Waals surface area contributed by atoms with Crippen LogP contribution in [0.4, 0.5) is 17.1 Å². The van der Waals surface area contributed by atoms with Gasteiger partial charge in [-0.15, -0.1) is 5.10 Å². The first kappa shape index (κ1) is 34.8. The highest BCUT2D eigenvalue weighted by Gasteiger charge is 2.33. The Labute approximate surface area is 294 Å². The lowest BCUT2D eigenvalue weighted by Crippen LogP contribution is -2.31. The number of aliphatic hydroxyl groups excluding tert-OH is 1. The van der Waals surface area contributed by atoms with Crippen molar-refractivity contribution in [2.24, 2.45) is 0 Å². The van der Waals surface area contributed by atoms with Crippen molar-refractivity contribution in [2.45, 2.75) is 62.4 Å². The number of hydrogen-bond donors (Lipinski definition) is 4. The van der Waals surface area contributed by atoms with Crippen LogP contribution in [-0.4, -0.2) is 49.0 Å². The van der Waals surface area contributed by atoms with Crippen molar-refractivity contribution < 1.29 is 24.2 Å². The van der Waals surface area contributed by atoms with Crippen molar-refractivity contribution in [3.8, 4) is 5.69 Å². The van der Waals surface area contributed by atoms with Crippen molar-refractivity contribution in [3.05, 3.63) is 120 Å². The fourth-order valence-electron chi connectivity index (χ4n) is 5.57. The molecular formula is C37H39N7O5S. The molecule has 2 heterocycles. The van der Waals surface area contributed by atoms with E-state index < -0.39 is 6.29 Å². The monoisotopic (exact) mass is 693 g/mol. The van der Waals surface area contributed by atoms with E-state index >= 15 is 0 Å². The molecule has 5 N–H and O–H groups in total. The molecule has 2 amide bonds. The van der Waals surface area contributed by atoms with Gasteiger partial charge in [0.05, 0.1) is 35.9 Å². The molecule has 4 aromatic carbocycles. The number of thioether (sulfide) groups is 1. The van der Waals surface area contributed by atoms with Crippen LogP contribution in [0.25, 0.3) is 5.69 Å². The van der Waals surface area contributed by atoms with Crippen molar-refractivity contribution in [1.82, 2.24) is 20.2 Å². The number of para-hydroxylation sites is 3. The van der Waals surface area contributed by atoms with Crippen LogP contribution in [0.5, 0.6) is 0 Å². The number of rotatable bonds is 14. The molecule has 1 aliphatic heterocycles. The van der Waals surface area contributed by atoms with Crippen LogP contribution in [0.3, 0.4) is 0 Å². The highest BCUT2D eigenvalue weighted by molar-refractivity contribution is 7.99. The quantitative estimate of drug-likeness (QED) is 0.0597. The molecule has 5 aromatic rings. The minimum Gasteiger partial charge on any atom is -0.397 e. The second kappa shape index (κ2) is 17.0. The highest BCUT2D eigenvalue weighted by Crippen LogP contribution is 2.40. The van der Waals surface area contributed by atoms with Gasteiger partial charge in [-0.25, -0.2) is 0 Å². The van der Waals surface area contributed by atoms with E-state index in [4.69, 9.17) is 15.2 Å². The summed E-state index contributed by atoms with van der Waals surface area (Å²) in [5, 5.41) is 28.3. The number of tetrazole rings is 1. The number of nitrogens with two attached hydrogens (primary N) is 1. The van der Waals surface area contributed by atoms with E-state index in [9.17, 15) is 14.7 Å². The number of benzene rings is 4. The van der Waals surface area contributed by atoms with E-state index in [1.54, 1.807) is 16.8 Å². The summed E-state index contributed by atoms with van der Waals surface area (Å²) in [5.74, 6) is 0.288. The Morgan fingerprint density at radius 3 is 2.36 bits per heavy atom. The third-order valence-corrected chi connectivity index (χ3v) is 9.24. The molecule has 0 bridgehead atoms. The van der Waals surface area contributed by atoms with Crippen molar-refractivity contribution in [3.63, 3.8) is 0 Å². The minimum absolute atomic E-state index is 0.0371. The van der Waals surface area contributed by atoms with Gasteiger partial charge in [-0.3, -0.25) is 9.59 Å². The zero-order valence-corrected chi connectivity index (χ0v) is 28.2. The smallest absolute Gasteiger partial charge is 0.224 e. The first-order chi connectivity index (χ1) is 24.4. The summed E-state index contributed by atoms with van der Waals surface area (Å²) in [6, 6.07) is 32.0. The maximum absolute atomic E-state index is 12.8. The SMILES string of the molecule is Nc1ccccc1NC(=O)CCCCC(=O)Nc1cccc([C@@H]2O[C@H](CSc3nnnn3-c3ccccc3)C[C@H](c3ccc(CO)cc3)O2)c1. The summed E-state index contributed by atoms with van der Waals surface area (Å²) >= 11 is 1.50. The maximum Gasteiger partial charge on any atom is 0.224 e. The molecule has 1 fully saturated rings. The van der Waals surface area contributed by atoms with Gasteiger partial charge < -0.3 is 30.9 Å². The number of nitrogens with zero attached hydrogens (tertiary/aromatic N) is 4. The van der Waals surface area contributed by atoms with Gasteiger partial charge in [0, 0.05) is 36.3 Å². The average Bonchev–Trinajstić information content (AvgIpc) is 3.63. The maximum atomic E-state index is 12.8. The van der Waals surface area contributed by atoms with Crippen LogP contribution in [-0.2, 0) is 25.7 Å². The molecule has 0 spiro atoms. The van der Waals surface area contributed by atoms with E-state index in [0.29, 0.717) is 47.2 Å². The van der Waals surface area contributed by atoms with Gasteiger partial charge in [-0.05, 0) is 70.8 Å². The van der Waals surface area contributed by atoms with Crippen LogP contribution in [0.15, 0.2) is 108 Å². The van der Waals surface area contributed by atoms with E-state index in [2.05, 4.69) is 26.2 Å². The topological polar surface area (TPSA) is 167 Å².